The van der Waals surface area contributed by atoms with Gasteiger partial charge in [-0.05, 0) is 42.7 Å². The summed E-state index contributed by atoms with van der Waals surface area (Å²) in [5.41, 5.74) is 4.84. The summed E-state index contributed by atoms with van der Waals surface area (Å²) in [4.78, 5) is 25.3. The van der Waals surface area contributed by atoms with Crippen molar-refractivity contribution in [2.45, 2.75) is 9.79 Å². The maximum Gasteiger partial charge on any atom is 0.271 e. The molecule has 2 aromatic carbocycles. The van der Waals surface area contributed by atoms with Gasteiger partial charge in [0.2, 0.25) is 10.0 Å². The minimum Gasteiger partial charge on any atom is -0.267 e. The summed E-state index contributed by atoms with van der Waals surface area (Å²) in [6.07, 6.45) is 1.86. The number of carbonyl (C=O) groups excluding carboxylic acids is 2. The molecule has 0 heterocycles. The molecule has 2 aromatic rings. The van der Waals surface area contributed by atoms with E-state index < -0.39 is 21.8 Å². The first-order valence-electron chi connectivity index (χ1n) is 7.63. The molecule has 0 aliphatic carbocycles. The molecule has 0 spiro atoms. The van der Waals surface area contributed by atoms with Crippen LogP contribution in [0.3, 0.4) is 0 Å². The average Bonchev–Trinajstić information content (AvgIpc) is 2.66. The van der Waals surface area contributed by atoms with E-state index in [1.54, 1.807) is 18.2 Å². The van der Waals surface area contributed by atoms with Crippen molar-refractivity contribution in [3.05, 3.63) is 58.6 Å². The molecule has 7 nitrogen and oxygen atoms in total. The fraction of sp³-hybridized carbons (Fsp3) is 0.176. The molecule has 0 fully saturated rings. The van der Waals surface area contributed by atoms with Gasteiger partial charge in [0.1, 0.15) is 0 Å². The Hall–Kier alpha value is -2.07. The number of sulfonamides is 1. The zero-order valence-electron chi connectivity index (χ0n) is 14.8. The van der Waals surface area contributed by atoms with Gasteiger partial charge in [0, 0.05) is 24.6 Å². The molecule has 0 radical (unpaired) electrons. The Balaban J connectivity index is 2.14. The molecule has 0 unspecified atom stereocenters. The van der Waals surface area contributed by atoms with Crippen LogP contribution in [0.5, 0.6) is 0 Å². The van der Waals surface area contributed by atoms with Crippen LogP contribution in [0.2, 0.25) is 5.02 Å². The summed E-state index contributed by atoms with van der Waals surface area (Å²) in [6, 6.07) is 10.5. The van der Waals surface area contributed by atoms with Crippen molar-refractivity contribution >= 4 is 45.2 Å². The molecule has 0 bridgehead atoms. The van der Waals surface area contributed by atoms with Gasteiger partial charge in [-0.2, -0.15) is 0 Å². The first-order valence-corrected chi connectivity index (χ1v) is 10.7. The van der Waals surface area contributed by atoms with Crippen LogP contribution < -0.4 is 10.9 Å². The number of thioether (sulfide) groups is 1. The molecule has 2 amide bonds. The van der Waals surface area contributed by atoms with E-state index >= 15 is 0 Å². The van der Waals surface area contributed by atoms with Crippen LogP contribution in [0, 0.1) is 0 Å². The van der Waals surface area contributed by atoms with Crippen molar-refractivity contribution in [3.63, 3.8) is 0 Å². The van der Waals surface area contributed by atoms with Crippen LogP contribution in [0.4, 0.5) is 0 Å². The lowest BCUT2D eigenvalue weighted by Gasteiger charge is -2.13. The van der Waals surface area contributed by atoms with Crippen LogP contribution in [0.1, 0.15) is 20.7 Å². The van der Waals surface area contributed by atoms with E-state index in [-0.39, 0.29) is 21.0 Å². The molecule has 2 rings (SSSR count). The highest BCUT2D eigenvalue weighted by molar-refractivity contribution is 7.98. The number of amides is 2. The number of hydrogen-bond donors (Lipinski definition) is 2. The molecule has 0 atom stereocenters. The third-order valence-electron chi connectivity index (χ3n) is 3.58. The molecule has 27 heavy (non-hydrogen) atoms. The number of benzene rings is 2. The maximum atomic E-state index is 12.3. The largest absolute Gasteiger partial charge is 0.271 e. The van der Waals surface area contributed by atoms with E-state index in [9.17, 15) is 18.0 Å². The molecular formula is C17H18ClN3O4S2. The van der Waals surface area contributed by atoms with Gasteiger partial charge in [0.15, 0.2) is 0 Å². The van der Waals surface area contributed by atoms with Gasteiger partial charge < -0.3 is 0 Å². The van der Waals surface area contributed by atoms with Gasteiger partial charge in [0.05, 0.1) is 15.5 Å². The normalized spacial score (nSPS) is 11.3. The van der Waals surface area contributed by atoms with Crippen LogP contribution >= 0.6 is 23.4 Å². The highest BCUT2D eigenvalue weighted by Gasteiger charge is 2.19. The van der Waals surface area contributed by atoms with Crippen molar-refractivity contribution in [3.8, 4) is 0 Å². The summed E-state index contributed by atoms with van der Waals surface area (Å²) in [6.45, 7) is 0. The van der Waals surface area contributed by atoms with Crippen molar-refractivity contribution in [1.29, 1.82) is 0 Å². The highest BCUT2D eigenvalue weighted by atomic mass is 35.5. The van der Waals surface area contributed by atoms with E-state index in [0.717, 1.165) is 9.20 Å². The van der Waals surface area contributed by atoms with Crippen molar-refractivity contribution in [2.24, 2.45) is 0 Å². The topological polar surface area (TPSA) is 95.6 Å². The van der Waals surface area contributed by atoms with E-state index in [4.69, 9.17) is 11.6 Å². The molecule has 0 aromatic heterocycles. The third kappa shape index (κ3) is 5.01. The zero-order valence-corrected chi connectivity index (χ0v) is 17.2. The standard InChI is InChI=1S/C17H18ClN3O4S2/c1-21(2)27(24,25)13-6-4-5-11(9-13)16(22)19-20-17(23)14-10-12(26-3)7-8-15(14)18/h4-10H,1-3H3,(H,19,22)(H,20,23). The average molecular weight is 428 g/mol. The Bertz CT molecular complexity index is 978. The Kier molecular flexibility index (Phi) is 6.88. The van der Waals surface area contributed by atoms with Gasteiger partial charge in [-0.25, -0.2) is 12.7 Å². The van der Waals surface area contributed by atoms with Crippen LogP contribution in [-0.2, 0) is 10.0 Å². The van der Waals surface area contributed by atoms with Crippen molar-refractivity contribution < 1.29 is 18.0 Å². The lowest BCUT2D eigenvalue weighted by Crippen LogP contribution is -2.41. The number of nitrogens with zero attached hydrogens (tertiary/aromatic N) is 1. The van der Waals surface area contributed by atoms with Crippen LogP contribution in [0.25, 0.3) is 0 Å². The Labute approximate surface area is 167 Å². The zero-order chi connectivity index (χ0) is 20.2. The predicted octanol–water partition coefficient (Wildman–Crippen LogP) is 2.39. The quantitative estimate of drug-likeness (QED) is 0.564. The first-order chi connectivity index (χ1) is 12.7. The fourth-order valence-electron chi connectivity index (χ4n) is 2.07. The van der Waals surface area contributed by atoms with Gasteiger partial charge in [-0.15, -0.1) is 11.8 Å². The summed E-state index contributed by atoms with van der Waals surface area (Å²) < 4.78 is 25.4. The van der Waals surface area contributed by atoms with Gasteiger partial charge in [-0.3, -0.25) is 20.4 Å². The maximum absolute atomic E-state index is 12.3. The van der Waals surface area contributed by atoms with Crippen LogP contribution in [0.15, 0.2) is 52.3 Å². The lowest BCUT2D eigenvalue weighted by atomic mass is 10.2. The molecule has 0 aliphatic rings. The summed E-state index contributed by atoms with van der Waals surface area (Å²) in [5, 5.41) is 0.249. The minimum absolute atomic E-state index is 0.0257. The SMILES string of the molecule is CSc1ccc(Cl)c(C(=O)NNC(=O)c2cccc(S(=O)(=O)N(C)C)c2)c1. The fourth-order valence-corrected chi connectivity index (χ4v) is 3.66. The molecular weight excluding hydrogens is 410 g/mol. The van der Waals surface area contributed by atoms with E-state index in [0.29, 0.717) is 0 Å². The monoisotopic (exact) mass is 427 g/mol. The Morgan fingerprint density at radius 1 is 1.04 bits per heavy atom. The summed E-state index contributed by atoms with van der Waals surface area (Å²) >= 11 is 7.48. The summed E-state index contributed by atoms with van der Waals surface area (Å²) in [5.74, 6) is -1.24. The second-order valence-corrected chi connectivity index (χ2v) is 9.01. The van der Waals surface area contributed by atoms with Crippen molar-refractivity contribution in [2.75, 3.05) is 20.4 Å². The van der Waals surface area contributed by atoms with E-state index in [1.165, 1.54) is 50.1 Å². The smallest absolute Gasteiger partial charge is 0.267 e. The first kappa shape index (κ1) is 21.2. The molecule has 10 heteroatoms. The molecule has 144 valence electrons. The van der Waals surface area contributed by atoms with Gasteiger partial charge in [-0.1, -0.05) is 17.7 Å². The second kappa shape index (κ2) is 8.75. The lowest BCUT2D eigenvalue weighted by molar-refractivity contribution is 0.0846. The van der Waals surface area contributed by atoms with Gasteiger partial charge >= 0.3 is 0 Å². The van der Waals surface area contributed by atoms with E-state index in [1.807, 2.05) is 6.26 Å². The number of hydrazine groups is 1. The Morgan fingerprint density at radius 3 is 2.33 bits per heavy atom. The highest BCUT2D eigenvalue weighted by Crippen LogP contribution is 2.22. The molecule has 0 saturated carbocycles. The number of rotatable bonds is 5. The number of hydrogen-bond acceptors (Lipinski definition) is 5. The van der Waals surface area contributed by atoms with Crippen LogP contribution in [-0.4, -0.2) is 44.9 Å². The van der Waals surface area contributed by atoms with E-state index in [2.05, 4.69) is 10.9 Å². The molecule has 0 aliphatic heterocycles. The molecule has 2 N–H and O–H groups in total. The predicted molar refractivity (Wildman–Crippen MR) is 105 cm³/mol. The third-order valence-corrected chi connectivity index (χ3v) is 6.45. The number of carbonyl (C=O) groups is 2. The Morgan fingerprint density at radius 2 is 1.70 bits per heavy atom. The molecule has 0 saturated heterocycles. The van der Waals surface area contributed by atoms with Gasteiger partial charge in [0.25, 0.3) is 11.8 Å². The number of nitrogens with one attached hydrogen (secondary N) is 2. The van der Waals surface area contributed by atoms with Crippen molar-refractivity contribution in [1.82, 2.24) is 15.2 Å². The summed E-state index contributed by atoms with van der Waals surface area (Å²) in [7, 11) is -0.879. The minimum atomic E-state index is -3.67. The number of halogens is 1. The second-order valence-electron chi connectivity index (χ2n) is 5.57.